The quantitative estimate of drug-likeness (QED) is 0.346. The zero-order valence-corrected chi connectivity index (χ0v) is 18.7. The summed E-state index contributed by atoms with van der Waals surface area (Å²) in [7, 11) is 0. The van der Waals surface area contributed by atoms with Gasteiger partial charge in [-0.25, -0.2) is 9.59 Å². The Balaban J connectivity index is 2.07. The van der Waals surface area contributed by atoms with E-state index in [9.17, 15) is 9.59 Å². The first-order valence-electron chi connectivity index (χ1n) is 10.0. The molecule has 0 aliphatic rings. The Morgan fingerprint density at radius 1 is 0.742 bits per heavy atom. The van der Waals surface area contributed by atoms with E-state index in [1.807, 2.05) is 24.3 Å². The van der Waals surface area contributed by atoms with Crippen LogP contribution in [0.4, 0.5) is 0 Å². The minimum absolute atomic E-state index is 0.232. The first kappa shape index (κ1) is 22.7. The molecule has 0 atom stereocenters. The molecule has 0 aliphatic carbocycles. The number of fused-ring (bicyclic) bond motifs is 2. The van der Waals surface area contributed by atoms with Crippen LogP contribution in [-0.2, 0) is 19.1 Å². The molecule has 0 heterocycles. The Labute approximate surface area is 186 Å². The maximum Gasteiger partial charge on any atom is 0.344 e. The normalized spacial score (nSPS) is 11.2. The van der Waals surface area contributed by atoms with Gasteiger partial charge in [0, 0.05) is 26.6 Å². The third kappa shape index (κ3) is 5.58. The van der Waals surface area contributed by atoms with Crippen molar-refractivity contribution >= 4 is 45.1 Å². The third-order valence-electron chi connectivity index (χ3n) is 4.29. The van der Waals surface area contributed by atoms with Gasteiger partial charge in [-0.05, 0) is 45.9 Å². The number of halogens is 1. The van der Waals surface area contributed by atoms with Gasteiger partial charge in [0.1, 0.15) is 11.5 Å². The first-order chi connectivity index (χ1) is 14.8. The van der Waals surface area contributed by atoms with E-state index in [1.165, 1.54) is 0 Å². The molecule has 0 saturated carbocycles. The molecule has 6 nitrogen and oxygen atoms in total. The van der Waals surface area contributed by atoms with E-state index in [0.29, 0.717) is 27.3 Å². The van der Waals surface area contributed by atoms with E-state index >= 15 is 0 Å². The Kier molecular flexibility index (Phi) is 7.23. The average molecular weight is 445 g/mol. The molecule has 0 N–H and O–H groups in total. The van der Waals surface area contributed by atoms with E-state index in [4.69, 9.17) is 30.5 Å². The van der Waals surface area contributed by atoms with Crippen LogP contribution in [0.5, 0.6) is 11.5 Å². The van der Waals surface area contributed by atoms with Gasteiger partial charge in [-0.1, -0.05) is 35.9 Å². The summed E-state index contributed by atoms with van der Waals surface area (Å²) in [6.07, 6.45) is -0.467. The van der Waals surface area contributed by atoms with Crippen molar-refractivity contribution in [2.24, 2.45) is 0 Å². The molecular weight excluding hydrogens is 420 g/mol. The molecule has 31 heavy (non-hydrogen) atoms. The van der Waals surface area contributed by atoms with Crippen LogP contribution in [0.3, 0.4) is 0 Å². The standard InChI is InChI=1S/C24H25ClO6/c1-14(2)30-21(26)12-28-23-17-7-5-6-8-18(17)24(29-13-22(27)31-15(3)4)20-11-16(25)9-10-19(20)23/h5-11,14-15H,12-13H2,1-4H3. The van der Waals surface area contributed by atoms with Crippen molar-refractivity contribution in [3.8, 4) is 11.5 Å². The Bertz CT molecular complexity index is 1110. The highest BCUT2D eigenvalue weighted by atomic mass is 35.5. The van der Waals surface area contributed by atoms with Gasteiger partial charge < -0.3 is 18.9 Å². The van der Waals surface area contributed by atoms with Crippen molar-refractivity contribution in [1.29, 1.82) is 0 Å². The van der Waals surface area contributed by atoms with Crippen LogP contribution in [0.25, 0.3) is 21.5 Å². The van der Waals surface area contributed by atoms with Crippen LogP contribution in [0, 0.1) is 0 Å². The number of hydrogen-bond acceptors (Lipinski definition) is 6. The largest absolute Gasteiger partial charge is 0.481 e. The Morgan fingerprint density at radius 2 is 1.19 bits per heavy atom. The predicted octanol–water partition coefficient (Wildman–Crippen LogP) is 5.31. The lowest BCUT2D eigenvalue weighted by Crippen LogP contribution is -2.19. The molecule has 7 heteroatoms. The summed E-state index contributed by atoms with van der Waals surface area (Å²) in [6, 6.07) is 12.7. The van der Waals surface area contributed by atoms with E-state index in [0.717, 1.165) is 10.8 Å². The average Bonchev–Trinajstić information content (AvgIpc) is 2.69. The second-order valence-electron chi connectivity index (χ2n) is 7.55. The summed E-state index contributed by atoms with van der Waals surface area (Å²) in [5.41, 5.74) is 0. The number of benzene rings is 3. The molecule has 0 radical (unpaired) electrons. The van der Waals surface area contributed by atoms with Crippen LogP contribution in [-0.4, -0.2) is 37.4 Å². The minimum atomic E-state index is -0.467. The van der Waals surface area contributed by atoms with Gasteiger partial charge in [0.15, 0.2) is 13.2 Å². The van der Waals surface area contributed by atoms with E-state index in [2.05, 4.69) is 0 Å². The van der Waals surface area contributed by atoms with Gasteiger partial charge in [0.05, 0.1) is 12.2 Å². The summed E-state index contributed by atoms with van der Waals surface area (Å²) in [4.78, 5) is 24.1. The zero-order chi connectivity index (χ0) is 22.5. The second-order valence-corrected chi connectivity index (χ2v) is 7.98. The smallest absolute Gasteiger partial charge is 0.344 e. The molecule has 0 saturated heterocycles. The summed E-state index contributed by atoms with van der Waals surface area (Å²) in [5, 5.41) is 3.33. The zero-order valence-electron chi connectivity index (χ0n) is 17.9. The number of rotatable bonds is 8. The molecule has 0 aliphatic heterocycles. The van der Waals surface area contributed by atoms with Crippen molar-refractivity contribution in [3.63, 3.8) is 0 Å². The summed E-state index contributed by atoms with van der Waals surface area (Å²) in [6.45, 7) is 6.63. The maximum absolute atomic E-state index is 12.0. The van der Waals surface area contributed by atoms with E-state index in [1.54, 1.807) is 45.9 Å². The highest BCUT2D eigenvalue weighted by Gasteiger charge is 2.19. The summed E-state index contributed by atoms with van der Waals surface area (Å²) in [5.74, 6) is 0.0787. The van der Waals surface area contributed by atoms with Crippen molar-refractivity contribution in [2.75, 3.05) is 13.2 Å². The molecule has 0 fully saturated rings. The van der Waals surface area contributed by atoms with Gasteiger partial charge in [-0.15, -0.1) is 0 Å². The highest BCUT2D eigenvalue weighted by molar-refractivity contribution is 6.31. The summed E-state index contributed by atoms with van der Waals surface area (Å²) >= 11 is 6.25. The van der Waals surface area contributed by atoms with Crippen LogP contribution >= 0.6 is 11.6 Å². The molecule has 0 bridgehead atoms. The molecule has 3 aromatic rings. The maximum atomic E-state index is 12.0. The first-order valence-corrected chi connectivity index (χ1v) is 10.4. The van der Waals surface area contributed by atoms with Crippen LogP contribution < -0.4 is 9.47 Å². The van der Waals surface area contributed by atoms with Gasteiger partial charge in [-0.3, -0.25) is 0 Å². The molecule has 0 spiro atoms. The SMILES string of the molecule is CC(C)OC(=O)COc1c2ccccc2c(OCC(=O)OC(C)C)c2cc(Cl)ccc12. The minimum Gasteiger partial charge on any atom is -0.481 e. The van der Waals surface area contributed by atoms with Crippen molar-refractivity contribution in [3.05, 3.63) is 47.5 Å². The van der Waals surface area contributed by atoms with E-state index < -0.39 is 11.9 Å². The molecule has 3 aromatic carbocycles. The number of esters is 2. The lowest BCUT2D eigenvalue weighted by atomic mass is 10.0. The van der Waals surface area contributed by atoms with E-state index in [-0.39, 0.29) is 25.4 Å². The van der Waals surface area contributed by atoms with Crippen LogP contribution in [0.1, 0.15) is 27.7 Å². The van der Waals surface area contributed by atoms with Gasteiger partial charge in [0.2, 0.25) is 0 Å². The topological polar surface area (TPSA) is 71.1 Å². The van der Waals surface area contributed by atoms with Crippen molar-refractivity contribution in [2.45, 2.75) is 39.9 Å². The molecule has 164 valence electrons. The van der Waals surface area contributed by atoms with Crippen LogP contribution in [0.2, 0.25) is 5.02 Å². The molecule has 0 unspecified atom stereocenters. The molecule has 3 rings (SSSR count). The Hall–Kier alpha value is -2.99. The molecule has 0 amide bonds. The van der Waals surface area contributed by atoms with Crippen LogP contribution in [0.15, 0.2) is 42.5 Å². The summed E-state index contributed by atoms with van der Waals surface area (Å²) < 4.78 is 22.2. The molecular formula is C24H25ClO6. The second kappa shape index (κ2) is 9.88. The fraction of sp³-hybridized carbons (Fsp3) is 0.333. The highest BCUT2D eigenvalue weighted by Crippen LogP contribution is 2.43. The number of carbonyl (C=O) groups is 2. The Morgan fingerprint density at radius 3 is 1.68 bits per heavy atom. The van der Waals surface area contributed by atoms with Crippen molar-refractivity contribution < 1.29 is 28.5 Å². The number of carbonyl (C=O) groups excluding carboxylic acids is 2. The van der Waals surface area contributed by atoms with Gasteiger partial charge in [0.25, 0.3) is 0 Å². The lowest BCUT2D eigenvalue weighted by Gasteiger charge is -2.18. The number of hydrogen-bond donors (Lipinski definition) is 0. The third-order valence-corrected chi connectivity index (χ3v) is 4.53. The fourth-order valence-electron chi connectivity index (χ4n) is 3.24. The van der Waals surface area contributed by atoms with Gasteiger partial charge >= 0.3 is 11.9 Å². The fourth-order valence-corrected chi connectivity index (χ4v) is 3.41. The monoisotopic (exact) mass is 444 g/mol. The van der Waals surface area contributed by atoms with Crippen molar-refractivity contribution in [1.82, 2.24) is 0 Å². The molecule has 0 aromatic heterocycles. The lowest BCUT2D eigenvalue weighted by molar-refractivity contribution is -0.150. The van der Waals surface area contributed by atoms with Gasteiger partial charge in [-0.2, -0.15) is 0 Å². The number of ether oxygens (including phenoxy) is 4. The predicted molar refractivity (Wildman–Crippen MR) is 120 cm³/mol.